The third-order valence-corrected chi connectivity index (χ3v) is 7.45. The summed E-state index contributed by atoms with van der Waals surface area (Å²) in [5.41, 5.74) is 1.61. The van der Waals surface area contributed by atoms with E-state index in [1.807, 2.05) is 13.0 Å². The predicted molar refractivity (Wildman–Crippen MR) is 100 cm³/mol. The number of anilines is 1. The summed E-state index contributed by atoms with van der Waals surface area (Å²) in [5, 5.41) is 8.14. The topological polar surface area (TPSA) is 104 Å². The van der Waals surface area contributed by atoms with E-state index in [1.165, 1.54) is 0 Å². The number of sulfone groups is 1. The molecule has 0 saturated carbocycles. The Labute approximate surface area is 157 Å². The number of rotatable bonds is 6. The van der Waals surface area contributed by atoms with Crippen molar-refractivity contribution >= 4 is 39.1 Å². The summed E-state index contributed by atoms with van der Waals surface area (Å²) in [6.07, 6.45) is 1.92. The lowest BCUT2D eigenvalue weighted by Crippen LogP contribution is -2.39. The minimum absolute atomic E-state index is 0.0183. The van der Waals surface area contributed by atoms with Crippen molar-refractivity contribution in [3.63, 3.8) is 0 Å². The van der Waals surface area contributed by atoms with Gasteiger partial charge >= 0.3 is 6.03 Å². The molecule has 7 nitrogen and oxygen atoms in total. The fourth-order valence-corrected chi connectivity index (χ4v) is 6.02. The van der Waals surface area contributed by atoms with Gasteiger partial charge in [-0.1, -0.05) is 24.1 Å². The number of halogens is 1. The molecule has 3 amide bonds. The molecule has 1 aromatic rings. The smallest absolute Gasteiger partial charge is 0.315 e. The van der Waals surface area contributed by atoms with Crippen LogP contribution in [0.1, 0.15) is 31.2 Å². The lowest BCUT2D eigenvalue weighted by atomic mass is 10.0. The van der Waals surface area contributed by atoms with Gasteiger partial charge in [0, 0.05) is 17.1 Å². The molecular weight excluding hydrogens is 378 g/mol. The molecule has 0 bridgehead atoms. The second-order valence-corrected chi connectivity index (χ2v) is 9.57. The molecule has 2 aliphatic heterocycles. The lowest BCUT2D eigenvalue weighted by molar-refractivity contribution is -0.116. The van der Waals surface area contributed by atoms with Gasteiger partial charge in [-0.15, -0.1) is 0 Å². The maximum absolute atomic E-state index is 12.2. The van der Waals surface area contributed by atoms with Crippen molar-refractivity contribution in [2.45, 2.75) is 49.9 Å². The van der Waals surface area contributed by atoms with Crippen LogP contribution in [0, 0.1) is 6.92 Å². The van der Waals surface area contributed by atoms with Gasteiger partial charge in [-0.2, -0.15) is 0 Å². The van der Waals surface area contributed by atoms with Crippen molar-refractivity contribution < 1.29 is 18.0 Å². The number of carbonyl (C=O) groups excluding carboxylic acids is 2. The number of amides is 3. The second kappa shape index (κ2) is 7.44. The number of carbonyl (C=O) groups is 2. The van der Waals surface area contributed by atoms with Crippen LogP contribution in [0.3, 0.4) is 0 Å². The summed E-state index contributed by atoms with van der Waals surface area (Å²) >= 11 is 5.94. The quantitative estimate of drug-likeness (QED) is 0.502. The molecule has 0 spiro atoms. The van der Waals surface area contributed by atoms with Crippen LogP contribution in [0.5, 0.6) is 0 Å². The fourth-order valence-electron chi connectivity index (χ4n) is 3.58. The highest BCUT2D eigenvalue weighted by atomic mass is 35.5. The third-order valence-electron chi connectivity index (χ3n) is 4.94. The van der Waals surface area contributed by atoms with Gasteiger partial charge in [0.1, 0.15) is 0 Å². The molecular formula is C17H22ClN3O4S. The number of fused-ring (bicyclic) bond motifs is 1. The zero-order valence-corrected chi connectivity index (χ0v) is 16.0. The number of nitrogens with one attached hydrogen (secondary N) is 3. The van der Waals surface area contributed by atoms with Gasteiger partial charge < -0.3 is 16.0 Å². The molecule has 26 heavy (non-hydrogen) atoms. The van der Waals surface area contributed by atoms with Crippen molar-refractivity contribution in [1.29, 1.82) is 0 Å². The van der Waals surface area contributed by atoms with Gasteiger partial charge in [-0.05, 0) is 37.5 Å². The van der Waals surface area contributed by atoms with Crippen LogP contribution in [-0.2, 0) is 14.6 Å². The van der Waals surface area contributed by atoms with Gasteiger partial charge in [0.2, 0.25) is 5.91 Å². The number of unbranched alkanes of at least 4 members (excludes halogenated alkanes) is 1. The van der Waals surface area contributed by atoms with Crippen molar-refractivity contribution in [2.24, 2.45) is 0 Å². The van der Waals surface area contributed by atoms with Crippen LogP contribution < -0.4 is 16.0 Å². The van der Waals surface area contributed by atoms with E-state index in [2.05, 4.69) is 16.0 Å². The first-order valence-corrected chi connectivity index (χ1v) is 10.7. The van der Waals surface area contributed by atoms with Crippen LogP contribution in [0.4, 0.5) is 10.5 Å². The molecule has 0 aromatic heterocycles. The first kappa shape index (κ1) is 19.0. The molecule has 0 unspecified atom stereocenters. The van der Waals surface area contributed by atoms with Crippen LogP contribution in [0.2, 0.25) is 5.02 Å². The molecule has 2 aliphatic rings. The van der Waals surface area contributed by atoms with E-state index in [-0.39, 0.29) is 29.8 Å². The molecule has 1 aromatic carbocycles. The first-order valence-electron chi connectivity index (χ1n) is 8.61. The molecule has 0 aliphatic carbocycles. The molecule has 2 fully saturated rings. The summed E-state index contributed by atoms with van der Waals surface area (Å²) in [7, 11) is -3.22. The Kier molecular flexibility index (Phi) is 5.43. The highest BCUT2D eigenvalue weighted by Crippen LogP contribution is 2.28. The standard InChI is InChI=1S/C17H22ClN3O4S/c1-10-6-7-11(18)8-12(10)19-15(22)5-3-2-4-14-16-13(9-26(14,24)25)20-17(23)21-16/h6-8,13-14,16H,2-5,9H2,1H3,(H,19,22)(H2,20,21,23)/t13-,14+,16+/m0/s1. The van der Waals surface area contributed by atoms with Gasteiger partial charge in [-0.3, -0.25) is 4.79 Å². The van der Waals surface area contributed by atoms with E-state index in [9.17, 15) is 18.0 Å². The number of benzene rings is 1. The SMILES string of the molecule is Cc1ccc(Cl)cc1NC(=O)CCCC[C@@H]1[C@@H]2NC(=O)N[C@H]2CS1(=O)=O. The third kappa shape index (κ3) is 4.12. The van der Waals surface area contributed by atoms with Crippen LogP contribution >= 0.6 is 11.6 Å². The van der Waals surface area contributed by atoms with E-state index in [0.717, 1.165) is 5.56 Å². The number of hydrogen-bond donors (Lipinski definition) is 3. The second-order valence-electron chi connectivity index (χ2n) is 6.87. The Morgan fingerprint density at radius 3 is 2.85 bits per heavy atom. The summed E-state index contributed by atoms with van der Waals surface area (Å²) in [5.74, 6) is -0.145. The normalized spacial score (nSPS) is 26.1. The van der Waals surface area contributed by atoms with Gasteiger partial charge in [-0.25, -0.2) is 13.2 Å². The average molecular weight is 400 g/mol. The Morgan fingerprint density at radius 2 is 2.08 bits per heavy atom. The van der Waals surface area contributed by atoms with E-state index >= 15 is 0 Å². The zero-order chi connectivity index (χ0) is 18.9. The van der Waals surface area contributed by atoms with Gasteiger partial charge in [0.25, 0.3) is 0 Å². The van der Waals surface area contributed by atoms with Crippen molar-refractivity contribution in [1.82, 2.24) is 10.6 Å². The van der Waals surface area contributed by atoms with E-state index < -0.39 is 15.1 Å². The van der Waals surface area contributed by atoms with Crippen LogP contribution in [-0.4, -0.2) is 43.4 Å². The summed E-state index contributed by atoms with van der Waals surface area (Å²) < 4.78 is 24.5. The highest BCUT2D eigenvalue weighted by molar-refractivity contribution is 7.92. The molecule has 2 heterocycles. The predicted octanol–water partition coefficient (Wildman–Crippen LogP) is 1.99. The molecule has 9 heteroatoms. The molecule has 3 atom stereocenters. The monoisotopic (exact) mass is 399 g/mol. The van der Waals surface area contributed by atoms with Gasteiger partial charge in [0.05, 0.1) is 23.1 Å². The van der Waals surface area contributed by atoms with Gasteiger partial charge in [0.15, 0.2) is 9.84 Å². The Morgan fingerprint density at radius 1 is 1.31 bits per heavy atom. The minimum Gasteiger partial charge on any atom is -0.332 e. The Bertz CT molecular complexity index is 827. The van der Waals surface area contributed by atoms with E-state index in [4.69, 9.17) is 11.6 Å². The van der Waals surface area contributed by atoms with Crippen LogP contribution in [0.15, 0.2) is 18.2 Å². The minimum atomic E-state index is -3.22. The van der Waals surface area contributed by atoms with E-state index in [0.29, 0.717) is 36.4 Å². The molecule has 142 valence electrons. The number of hydrogen-bond acceptors (Lipinski definition) is 4. The van der Waals surface area contributed by atoms with Crippen molar-refractivity contribution in [2.75, 3.05) is 11.1 Å². The summed E-state index contributed by atoms with van der Waals surface area (Å²) in [4.78, 5) is 23.5. The molecule has 2 saturated heterocycles. The molecule has 0 radical (unpaired) electrons. The molecule has 3 N–H and O–H groups in total. The molecule has 3 rings (SSSR count). The van der Waals surface area contributed by atoms with E-state index in [1.54, 1.807) is 12.1 Å². The number of urea groups is 1. The maximum atomic E-state index is 12.2. The summed E-state index contributed by atoms with van der Waals surface area (Å²) in [6, 6.07) is 4.29. The van der Waals surface area contributed by atoms with Crippen molar-refractivity contribution in [3.8, 4) is 0 Å². The van der Waals surface area contributed by atoms with Crippen molar-refractivity contribution in [3.05, 3.63) is 28.8 Å². The Hall–Kier alpha value is -1.80. The Balaban J connectivity index is 1.47. The van der Waals surface area contributed by atoms with Crippen LogP contribution in [0.25, 0.3) is 0 Å². The number of aryl methyl sites for hydroxylation is 1. The highest BCUT2D eigenvalue weighted by Gasteiger charge is 2.51. The average Bonchev–Trinajstić information content (AvgIpc) is 2.99. The lowest BCUT2D eigenvalue weighted by Gasteiger charge is -2.16. The first-order chi connectivity index (χ1) is 12.3. The maximum Gasteiger partial charge on any atom is 0.315 e. The fraction of sp³-hybridized carbons (Fsp3) is 0.529. The largest absolute Gasteiger partial charge is 0.332 e. The summed E-state index contributed by atoms with van der Waals surface area (Å²) in [6.45, 7) is 1.89. The zero-order valence-electron chi connectivity index (χ0n) is 14.4.